The van der Waals surface area contributed by atoms with Crippen molar-refractivity contribution in [2.75, 3.05) is 7.05 Å². The number of carbonyl (C=O) groups is 4. The Morgan fingerprint density at radius 2 is 1.33 bits per heavy atom. The molecule has 0 atom stereocenters. The van der Waals surface area contributed by atoms with E-state index in [1.165, 1.54) is 0 Å². The van der Waals surface area contributed by atoms with Gasteiger partial charge in [-0.2, -0.15) is 0 Å². The van der Waals surface area contributed by atoms with Gasteiger partial charge in [-0.3, -0.25) is 19.2 Å². The van der Waals surface area contributed by atoms with Crippen molar-refractivity contribution in [3.8, 4) is 0 Å². The van der Waals surface area contributed by atoms with Gasteiger partial charge in [-0.15, -0.1) is 0 Å². The smallest absolute Gasteiger partial charge is 0.306 e. The fourth-order valence-corrected chi connectivity index (χ4v) is 2.59. The maximum absolute atomic E-state index is 11.1. The Bertz CT molecular complexity index is 404. The molecule has 0 saturated heterocycles. The van der Waals surface area contributed by atoms with Crippen LogP contribution in [0.3, 0.4) is 0 Å². The van der Waals surface area contributed by atoms with E-state index in [9.17, 15) is 19.2 Å². The summed E-state index contributed by atoms with van der Waals surface area (Å²) in [5, 5.41) is 11.1. The van der Waals surface area contributed by atoms with Crippen molar-refractivity contribution in [2.24, 2.45) is 11.8 Å². The van der Waals surface area contributed by atoms with Crippen molar-refractivity contribution in [2.45, 2.75) is 51.4 Å². The quantitative estimate of drug-likeness (QED) is 0.806. The van der Waals surface area contributed by atoms with Gasteiger partial charge in [0.05, 0.1) is 5.92 Å². The lowest BCUT2D eigenvalue weighted by atomic mass is 9.88. The number of carbonyl (C=O) groups excluding carboxylic acids is 3. The second kappa shape index (κ2) is 8.54. The third kappa shape index (κ3) is 6.06. The van der Waals surface area contributed by atoms with E-state index in [0.29, 0.717) is 44.3 Å². The molecule has 2 fully saturated rings. The number of nitrogens with one attached hydrogen (secondary N) is 1. The van der Waals surface area contributed by atoms with E-state index in [1.54, 1.807) is 7.05 Å². The molecule has 2 rings (SSSR count). The van der Waals surface area contributed by atoms with Gasteiger partial charge in [0.2, 0.25) is 5.91 Å². The van der Waals surface area contributed by atoms with E-state index in [0.717, 1.165) is 12.8 Å². The first-order valence-corrected chi connectivity index (χ1v) is 7.41. The molecule has 0 aromatic rings. The van der Waals surface area contributed by atoms with E-state index < -0.39 is 5.97 Å². The minimum atomic E-state index is -0.757. The van der Waals surface area contributed by atoms with Crippen LogP contribution in [0.5, 0.6) is 0 Å². The first kappa shape index (κ1) is 17.3. The molecule has 0 aliphatic heterocycles. The predicted molar refractivity (Wildman–Crippen MR) is 77.7 cm³/mol. The summed E-state index contributed by atoms with van der Waals surface area (Å²) in [7, 11) is 1.64. The van der Waals surface area contributed by atoms with Gasteiger partial charge in [0.1, 0.15) is 11.6 Å². The third-order valence-corrected chi connectivity index (χ3v) is 4.05. The van der Waals surface area contributed by atoms with Gasteiger partial charge >= 0.3 is 5.97 Å². The van der Waals surface area contributed by atoms with Gasteiger partial charge in [0, 0.05) is 40.1 Å². The first-order chi connectivity index (χ1) is 9.93. The molecule has 120 valence electrons. The topological polar surface area (TPSA) is 101 Å². The summed E-state index contributed by atoms with van der Waals surface area (Å²) in [6.45, 7) is 0. The molecule has 0 aromatic heterocycles. The zero-order chi connectivity index (χ0) is 15.8. The van der Waals surface area contributed by atoms with Crippen LogP contribution in [-0.2, 0) is 19.2 Å². The highest BCUT2D eigenvalue weighted by molar-refractivity contribution is 5.84. The molecule has 0 unspecified atom stereocenters. The maximum Gasteiger partial charge on any atom is 0.306 e. The molecule has 6 heteroatoms. The van der Waals surface area contributed by atoms with Crippen LogP contribution in [-0.4, -0.2) is 35.6 Å². The summed E-state index contributed by atoms with van der Waals surface area (Å²) >= 11 is 0. The SMILES string of the molecule is CNC(=O)C1CCC(=O)CC1.O=C1CCC(C(=O)O)CC1.[HH]. The lowest BCUT2D eigenvalue weighted by Gasteiger charge is -2.18. The number of carboxylic acid groups (broad SMARTS) is 1. The molecule has 0 bridgehead atoms. The Labute approximate surface area is 125 Å². The molecule has 2 N–H and O–H groups in total. The second-order valence-corrected chi connectivity index (χ2v) is 5.58. The van der Waals surface area contributed by atoms with E-state index in [-0.39, 0.29) is 25.0 Å². The number of carboxylic acids is 1. The molecular weight excluding hydrogens is 274 g/mol. The number of aliphatic carboxylic acids is 1. The minimum absolute atomic E-state index is 0. The molecule has 6 nitrogen and oxygen atoms in total. The van der Waals surface area contributed by atoms with Crippen LogP contribution in [0.25, 0.3) is 0 Å². The first-order valence-electron chi connectivity index (χ1n) is 7.41. The fourth-order valence-electron chi connectivity index (χ4n) is 2.59. The Morgan fingerprint density at radius 3 is 1.67 bits per heavy atom. The number of hydrogen-bond donors (Lipinski definition) is 2. The average molecular weight is 299 g/mol. The van der Waals surface area contributed by atoms with Crippen molar-refractivity contribution < 1.29 is 25.7 Å². The van der Waals surface area contributed by atoms with E-state index >= 15 is 0 Å². The minimum Gasteiger partial charge on any atom is -0.481 e. The van der Waals surface area contributed by atoms with Gasteiger partial charge in [0.25, 0.3) is 0 Å². The lowest BCUT2D eigenvalue weighted by molar-refractivity contribution is -0.143. The Balaban J connectivity index is 0.000000385. The molecule has 0 heterocycles. The van der Waals surface area contributed by atoms with E-state index in [1.807, 2.05) is 0 Å². The summed E-state index contributed by atoms with van der Waals surface area (Å²) in [6, 6.07) is 0. The highest BCUT2D eigenvalue weighted by atomic mass is 16.4. The Morgan fingerprint density at radius 1 is 0.952 bits per heavy atom. The Hall–Kier alpha value is -1.72. The van der Waals surface area contributed by atoms with Gasteiger partial charge in [-0.25, -0.2) is 0 Å². The van der Waals surface area contributed by atoms with Gasteiger partial charge in [-0.05, 0) is 25.7 Å². The molecule has 2 aliphatic rings. The monoisotopic (exact) mass is 299 g/mol. The maximum atomic E-state index is 11.1. The summed E-state index contributed by atoms with van der Waals surface area (Å²) in [4.78, 5) is 42.8. The molecule has 0 radical (unpaired) electrons. The van der Waals surface area contributed by atoms with Crippen molar-refractivity contribution in [1.82, 2.24) is 5.32 Å². The standard InChI is InChI=1S/C8H13NO2.C7H10O3.H2/c1-9-8(11)6-2-4-7(10)5-3-6;8-6-3-1-5(2-4-6)7(9)10;/h6H,2-5H2,1H3,(H,9,11);5H,1-4H2,(H,9,10);1H. The molecule has 0 aromatic carbocycles. The van der Waals surface area contributed by atoms with E-state index in [2.05, 4.69) is 5.32 Å². The van der Waals surface area contributed by atoms with Crippen LogP contribution in [0.15, 0.2) is 0 Å². The molecular formula is C15H25NO5. The van der Waals surface area contributed by atoms with Crippen molar-refractivity contribution in [3.05, 3.63) is 0 Å². The third-order valence-electron chi connectivity index (χ3n) is 4.05. The average Bonchev–Trinajstić information content (AvgIpc) is 2.48. The largest absolute Gasteiger partial charge is 0.481 e. The summed E-state index contributed by atoms with van der Waals surface area (Å²) in [5.41, 5.74) is 0. The zero-order valence-electron chi connectivity index (χ0n) is 12.4. The number of Topliss-reactive ketones (excluding diaryl/α,β-unsaturated/α-hetero) is 2. The summed E-state index contributed by atoms with van der Waals surface area (Å²) in [6.07, 6.45) is 4.61. The van der Waals surface area contributed by atoms with Crippen LogP contribution in [0.4, 0.5) is 0 Å². The number of rotatable bonds is 2. The highest BCUT2D eigenvalue weighted by Gasteiger charge is 2.24. The van der Waals surface area contributed by atoms with Crippen molar-refractivity contribution in [1.29, 1.82) is 0 Å². The van der Waals surface area contributed by atoms with Crippen LogP contribution in [0.1, 0.15) is 52.8 Å². The van der Waals surface area contributed by atoms with E-state index in [4.69, 9.17) is 5.11 Å². The normalized spacial score (nSPS) is 20.4. The number of hydrogen-bond acceptors (Lipinski definition) is 4. The van der Waals surface area contributed by atoms with Gasteiger partial charge in [-0.1, -0.05) is 0 Å². The highest BCUT2D eigenvalue weighted by Crippen LogP contribution is 2.21. The van der Waals surface area contributed by atoms with Crippen LogP contribution in [0.2, 0.25) is 0 Å². The lowest BCUT2D eigenvalue weighted by Crippen LogP contribution is -2.30. The molecule has 1 amide bonds. The molecule has 0 spiro atoms. The van der Waals surface area contributed by atoms with Crippen LogP contribution in [0, 0.1) is 11.8 Å². The van der Waals surface area contributed by atoms with Crippen molar-refractivity contribution >= 4 is 23.4 Å². The summed E-state index contributed by atoms with van der Waals surface area (Å²) in [5.74, 6) is -0.358. The number of amides is 1. The van der Waals surface area contributed by atoms with Crippen LogP contribution < -0.4 is 5.32 Å². The van der Waals surface area contributed by atoms with Gasteiger partial charge < -0.3 is 10.4 Å². The Kier molecular flexibility index (Phi) is 7.05. The molecule has 21 heavy (non-hydrogen) atoms. The van der Waals surface area contributed by atoms with Crippen LogP contribution >= 0.6 is 0 Å². The zero-order valence-corrected chi connectivity index (χ0v) is 12.4. The van der Waals surface area contributed by atoms with Crippen molar-refractivity contribution in [3.63, 3.8) is 0 Å². The fraction of sp³-hybridized carbons (Fsp3) is 0.733. The number of ketones is 2. The summed E-state index contributed by atoms with van der Waals surface area (Å²) < 4.78 is 0. The predicted octanol–water partition coefficient (Wildman–Crippen LogP) is 1.57. The molecule has 2 aliphatic carbocycles. The van der Waals surface area contributed by atoms with Gasteiger partial charge in [0.15, 0.2) is 0 Å². The molecule has 2 saturated carbocycles. The second-order valence-electron chi connectivity index (χ2n) is 5.58.